The molecule has 2 aromatic carbocycles. The molecule has 1 saturated heterocycles. The summed E-state index contributed by atoms with van der Waals surface area (Å²) in [5.74, 6) is 0.117. The molecule has 2 aromatic rings. The van der Waals surface area contributed by atoms with Gasteiger partial charge in [-0.15, -0.1) is 0 Å². The SMILES string of the molecule is O=C(NCC1CCCCN1)OCC1c2ccccc2-c2ccccc21. The fraction of sp³-hybridized carbons (Fsp3) is 0.381. The van der Waals surface area contributed by atoms with Crippen LogP contribution in [0.5, 0.6) is 0 Å². The highest BCUT2D eigenvalue weighted by molar-refractivity contribution is 5.79. The minimum absolute atomic E-state index is 0.117. The highest BCUT2D eigenvalue weighted by Crippen LogP contribution is 2.44. The van der Waals surface area contributed by atoms with Gasteiger partial charge in [-0.05, 0) is 41.6 Å². The molecular weight excluding hydrogens is 312 g/mol. The summed E-state index contributed by atoms with van der Waals surface area (Å²) in [6.07, 6.45) is 3.24. The molecule has 130 valence electrons. The molecule has 1 unspecified atom stereocenters. The van der Waals surface area contributed by atoms with Gasteiger partial charge in [0.2, 0.25) is 0 Å². The molecule has 25 heavy (non-hydrogen) atoms. The molecule has 1 atom stereocenters. The Bertz CT molecular complexity index is 708. The van der Waals surface area contributed by atoms with Gasteiger partial charge in [0.15, 0.2) is 0 Å². The summed E-state index contributed by atoms with van der Waals surface area (Å²) in [5, 5.41) is 6.33. The molecule has 0 radical (unpaired) electrons. The lowest BCUT2D eigenvalue weighted by atomic mass is 9.98. The lowest BCUT2D eigenvalue weighted by Crippen LogP contribution is -2.43. The maximum atomic E-state index is 12.1. The number of nitrogens with one attached hydrogen (secondary N) is 2. The first kappa shape index (κ1) is 16.2. The Labute approximate surface area is 148 Å². The van der Waals surface area contributed by atoms with Gasteiger partial charge in [0.25, 0.3) is 0 Å². The molecule has 4 heteroatoms. The zero-order valence-electron chi connectivity index (χ0n) is 14.3. The van der Waals surface area contributed by atoms with E-state index < -0.39 is 0 Å². The highest BCUT2D eigenvalue weighted by atomic mass is 16.5. The first-order valence-electron chi connectivity index (χ1n) is 9.15. The van der Waals surface area contributed by atoms with Crippen molar-refractivity contribution >= 4 is 6.09 Å². The van der Waals surface area contributed by atoms with E-state index in [4.69, 9.17) is 4.74 Å². The molecule has 2 aliphatic rings. The first-order chi connectivity index (χ1) is 12.3. The van der Waals surface area contributed by atoms with Crippen molar-refractivity contribution in [1.82, 2.24) is 10.6 Å². The Morgan fingerprint density at radius 2 is 1.72 bits per heavy atom. The molecule has 1 fully saturated rings. The quantitative estimate of drug-likeness (QED) is 0.896. The average molecular weight is 336 g/mol. The van der Waals surface area contributed by atoms with Crippen molar-refractivity contribution in [2.45, 2.75) is 31.2 Å². The number of benzene rings is 2. The van der Waals surface area contributed by atoms with Crippen LogP contribution in [-0.4, -0.2) is 31.8 Å². The first-order valence-corrected chi connectivity index (χ1v) is 9.15. The van der Waals surface area contributed by atoms with Crippen LogP contribution in [0.4, 0.5) is 4.79 Å². The minimum atomic E-state index is -0.325. The Hall–Kier alpha value is -2.33. The Kier molecular flexibility index (Phi) is 4.70. The van der Waals surface area contributed by atoms with Crippen LogP contribution in [0.2, 0.25) is 0 Å². The zero-order chi connectivity index (χ0) is 17.1. The fourth-order valence-corrected chi connectivity index (χ4v) is 3.95. The topological polar surface area (TPSA) is 50.4 Å². The van der Waals surface area contributed by atoms with E-state index in [1.54, 1.807) is 0 Å². The van der Waals surface area contributed by atoms with Crippen LogP contribution < -0.4 is 10.6 Å². The second-order valence-corrected chi connectivity index (χ2v) is 6.85. The van der Waals surface area contributed by atoms with Crippen molar-refractivity contribution in [1.29, 1.82) is 0 Å². The van der Waals surface area contributed by atoms with Crippen LogP contribution >= 0.6 is 0 Å². The van der Waals surface area contributed by atoms with Crippen molar-refractivity contribution in [3.8, 4) is 11.1 Å². The predicted molar refractivity (Wildman–Crippen MR) is 98.7 cm³/mol. The zero-order valence-corrected chi connectivity index (χ0v) is 14.3. The van der Waals surface area contributed by atoms with E-state index in [0.29, 0.717) is 19.2 Å². The number of piperidine rings is 1. The van der Waals surface area contributed by atoms with Crippen molar-refractivity contribution in [2.75, 3.05) is 19.7 Å². The molecule has 2 N–H and O–H groups in total. The van der Waals surface area contributed by atoms with Gasteiger partial charge in [-0.25, -0.2) is 4.79 Å². The molecule has 1 aliphatic heterocycles. The predicted octanol–water partition coefficient (Wildman–Crippen LogP) is 3.67. The van der Waals surface area contributed by atoms with Crippen molar-refractivity contribution in [3.63, 3.8) is 0 Å². The van der Waals surface area contributed by atoms with Gasteiger partial charge < -0.3 is 15.4 Å². The van der Waals surface area contributed by atoms with Crippen LogP contribution in [0.25, 0.3) is 11.1 Å². The maximum Gasteiger partial charge on any atom is 0.407 e. The van der Waals surface area contributed by atoms with Crippen LogP contribution in [0.15, 0.2) is 48.5 Å². The van der Waals surface area contributed by atoms with E-state index in [1.807, 2.05) is 12.1 Å². The summed E-state index contributed by atoms with van der Waals surface area (Å²) < 4.78 is 5.55. The number of carbonyl (C=O) groups is 1. The van der Waals surface area contributed by atoms with E-state index in [9.17, 15) is 4.79 Å². The van der Waals surface area contributed by atoms with Crippen LogP contribution in [-0.2, 0) is 4.74 Å². The van der Waals surface area contributed by atoms with Gasteiger partial charge in [0.05, 0.1) is 0 Å². The second-order valence-electron chi connectivity index (χ2n) is 6.85. The van der Waals surface area contributed by atoms with E-state index in [-0.39, 0.29) is 12.0 Å². The summed E-state index contributed by atoms with van der Waals surface area (Å²) >= 11 is 0. The van der Waals surface area contributed by atoms with Gasteiger partial charge in [-0.3, -0.25) is 0 Å². The molecule has 0 aromatic heterocycles. The number of alkyl carbamates (subject to hydrolysis) is 1. The number of hydrogen-bond acceptors (Lipinski definition) is 3. The standard InChI is InChI=1S/C21H24N2O2/c24-21(23-13-15-7-5-6-12-22-15)25-14-20-18-10-3-1-8-16(18)17-9-2-4-11-19(17)20/h1-4,8-11,15,20,22H,5-7,12-14H2,(H,23,24). The smallest absolute Gasteiger partial charge is 0.407 e. The molecule has 4 nitrogen and oxygen atoms in total. The molecule has 4 rings (SSSR count). The van der Waals surface area contributed by atoms with E-state index in [1.165, 1.54) is 35.1 Å². The summed E-state index contributed by atoms with van der Waals surface area (Å²) in [4.78, 5) is 12.1. The van der Waals surface area contributed by atoms with E-state index in [0.717, 1.165) is 13.0 Å². The minimum Gasteiger partial charge on any atom is -0.449 e. The van der Waals surface area contributed by atoms with E-state index in [2.05, 4.69) is 47.0 Å². The number of ether oxygens (including phenoxy) is 1. The maximum absolute atomic E-state index is 12.1. The van der Waals surface area contributed by atoms with Gasteiger partial charge in [-0.1, -0.05) is 55.0 Å². The molecule has 1 heterocycles. The molecule has 0 saturated carbocycles. The monoisotopic (exact) mass is 336 g/mol. The molecule has 1 amide bonds. The summed E-state index contributed by atoms with van der Waals surface area (Å²) in [5.41, 5.74) is 4.98. The number of amides is 1. The van der Waals surface area contributed by atoms with Crippen molar-refractivity contribution < 1.29 is 9.53 Å². The van der Waals surface area contributed by atoms with Crippen LogP contribution in [0.3, 0.4) is 0 Å². The molecular formula is C21H24N2O2. The van der Waals surface area contributed by atoms with Gasteiger partial charge in [-0.2, -0.15) is 0 Å². The van der Waals surface area contributed by atoms with Crippen molar-refractivity contribution in [3.05, 3.63) is 59.7 Å². The number of carbonyl (C=O) groups excluding carboxylic acids is 1. The summed E-state index contributed by atoms with van der Waals surface area (Å²) in [7, 11) is 0. The third-order valence-electron chi connectivity index (χ3n) is 5.25. The molecule has 0 spiro atoms. The lowest BCUT2D eigenvalue weighted by Gasteiger charge is -2.23. The van der Waals surface area contributed by atoms with Gasteiger partial charge in [0.1, 0.15) is 6.61 Å². The van der Waals surface area contributed by atoms with E-state index >= 15 is 0 Å². The van der Waals surface area contributed by atoms with Crippen LogP contribution in [0, 0.1) is 0 Å². The van der Waals surface area contributed by atoms with Crippen molar-refractivity contribution in [2.24, 2.45) is 0 Å². The Balaban J connectivity index is 1.38. The Morgan fingerprint density at radius 1 is 1.04 bits per heavy atom. The second kappa shape index (κ2) is 7.28. The third-order valence-corrected chi connectivity index (χ3v) is 5.25. The van der Waals surface area contributed by atoms with Gasteiger partial charge in [0, 0.05) is 18.5 Å². The lowest BCUT2D eigenvalue weighted by molar-refractivity contribution is 0.141. The average Bonchev–Trinajstić information content (AvgIpc) is 2.99. The Morgan fingerprint density at radius 3 is 2.36 bits per heavy atom. The van der Waals surface area contributed by atoms with Gasteiger partial charge >= 0.3 is 6.09 Å². The number of rotatable bonds is 4. The third kappa shape index (κ3) is 3.40. The number of fused-ring (bicyclic) bond motifs is 3. The normalized spacial score (nSPS) is 19.1. The molecule has 0 bridgehead atoms. The number of hydrogen-bond donors (Lipinski definition) is 2. The highest BCUT2D eigenvalue weighted by Gasteiger charge is 2.29. The largest absolute Gasteiger partial charge is 0.449 e. The summed E-state index contributed by atoms with van der Waals surface area (Å²) in [6, 6.07) is 17.1. The van der Waals surface area contributed by atoms with Crippen LogP contribution in [0.1, 0.15) is 36.3 Å². The molecule has 1 aliphatic carbocycles. The summed E-state index contributed by atoms with van der Waals surface area (Å²) in [6.45, 7) is 2.05. The fourth-order valence-electron chi connectivity index (χ4n) is 3.95.